The van der Waals surface area contributed by atoms with Crippen molar-refractivity contribution in [1.29, 1.82) is 0 Å². The molecule has 0 amide bonds. The first-order chi connectivity index (χ1) is 14.6. The number of ether oxygens (including phenoxy) is 2. The molecular weight excluding hydrogens is 447 g/mol. The zero-order chi connectivity index (χ0) is 24.3. The third-order valence-electron chi connectivity index (χ3n) is 4.54. The van der Waals surface area contributed by atoms with Crippen molar-refractivity contribution in [2.75, 3.05) is 14.2 Å². The zero-order valence-corrected chi connectivity index (χ0v) is 19.3. The van der Waals surface area contributed by atoms with E-state index in [1.165, 1.54) is 7.11 Å². The minimum atomic E-state index is -4.71. The molecule has 0 unspecified atom stereocenters. The highest BCUT2D eigenvalue weighted by molar-refractivity contribution is 7.89. The number of likely N-dealkylation sites (N-methyl/N-ethyl adjacent to an activating group) is 1. The van der Waals surface area contributed by atoms with Crippen LogP contribution in [0.25, 0.3) is 0 Å². The molecule has 0 bridgehead atoms. The average molecular weight is 474 g/mol. The van der Waals surface area contributed by atoms with Crippen molar-refractivity contribution >= 4 is 16.0 Å². The summed E-state index contributed by atoms with van der Waals surface area (Å²) in [6.07, 6.45) is -4.76. The van der Waals surface area contributed by atoms with Crippen LogP contribution in [0.1, 0.15) is 31.9 Å². The summed E-state index contributed by atoms with van der Waals surface area (Å²) in [4.78, 5) is 12.3. The molecule has 0 saturated heterocycles. The molecular formula is C22H26F3NO5S. The van der Waals surface area contributed by atoms with E-state index in [1.54, 1.807) is 45.0 Å². The smallest absolute Gasteiger partial charge is 0.416 e. The maximum atomic E-state index is 13.1. The minimum Gasteiger partial charge on any atom is -0.497 e. The van der Waals surface area contributed by atoms with E-state index in [1.807, 2.05) is 0 Å². The molecule has 2 rings (SSSR count). The number of hydrogen-bond donors (Lipinski definition) is 0. The first kappa shape index (κ1) is 25.7. The lowest BCUT2D eigenvalue weighted by Gasteiger charge is -2.29. The average Bonchev–Trinajstić information content (AvgIpc) is 2.70. The van der Waals surface area contributed by atoms with E-state index in [0.717, 1.165) is 29.6 Å². The van der Waals surface area contributed by atoms with Gasteiger partial charge in [0.2, 0.25) is 10.0 Å². The van der Waals surface area contributed by atoms with Crippen LogP contribution in [0.3, 0.4) is 0 Å². The van der Waals surface area contributed by atoms with Crippen LogP contribution in [0.5, 0.6) is 5.75 Å². The normalized spacial score (nSPS) is 13.7. The van der Waals surface area contributed by atoms with Gasteiger partial charge in [0.1, 0.15) is 17.4 Å². The number of carbonyl (C=O) groups excluding carboxylic acids is 1. The summed E-state index contributed by atoms with van der Waals surface area (Å²) in [5.74, 6) is -0.237. The van der Waals surface area contributed by atoms with Gasteiger partial charge in [-0.15, -0.1) is 0 Å². The highest BCUT2D eigenvalue weighted by Crippen LogP contribution is 2.31. The van der Waals surface area contributed by atoms with Crippen molar-refractivity contribution in [3.8, 4) is 5.75 Å². The summed E-state index contributed by atoms with van der Waals surface area (Å²) in [5, 5.41) is 0. The van der Waals surface area contributed by atoms with Crippen LogP contribution in [-0.2, 0) is 32.2 Å². The molecule has 2 aromatic rings. The minimum absolute atomic E-state index is 0.0480. The Morgan fingerprint density at radius 2 is 1.66 bits per heavy atom. The fraction of sp³-hybridized carbons (Fsp3) is 0.409. The fourth-order valence-electron chi connectivity index (χ4n) is 2.88. The van der Waals surface area contributed by atoms with Gasteiger partial charge < -0.3 is 9.47 Å². The number of alkyl halides is 3. The standard InChI is InChI=1S/C22H26F3NO5S/c1-21(2,3)31-20(27)19(13-15-9-11-17(30-5)12-10-15)26(4)32(28,29)18-8-6-7-16(14-18)22(23,24)25/h6-12,14,19H,13H2,1-5H3/t19-/m0/s1. The van der Waals surface area contributed by atoms with Gasteiger partial charge in [-0.3, -0.25) is 4.79 Å². The van der Waals surface area contributed by atoms with Gasteiger partial charge in [-0.25, -0.2) is 8.42 Å². The van der Waals surface area contributed by atoms with E-state index >= 15 is 0 Å². The second-order valence-electron chi connectivity index (χ2n) is 8.15. The summed E-state index contributed by atoms with van der Waals surface area (Å²) in [7, 11) is -1.81. The Hall–Kier alpha value is -2.59. The number of hydrogen-bond acceptors (Lipinski definition) is 5. The van der Waals surface area contributed by atoms with Crippen LogP contribution in [0.2, 0.25) is 0 Å². The first-order valence-electron chi connectivity index (χ1n) is 9.66. The van der Waals surface area contributed by atoms with Gasteiger partial charge in [-0.2, -0.15) is 17.5 Å². The SMILES string of the molecule is COc1ccc(C[C@@H](C(=O)OC(C)(C)C)N(C)S(=O)(=O)c2cccc(C(F)(F)F)c2)cc1. The van der Waals surface area contributed by atoms with Crippen LogP contribution < -0.4 is 4.74 Å². The molecule has 0 aliphatic carbocycles. The van der Waals surface area contributed by atoms with Crippen LogP contribution >= 0.6 is 0 Å². The molecule has 6 nitrogen and oxygen atoms in total. The van der Waals surface area contributed by atoms with Gasteiger partial charge in [-0.05, 0) is 63.1 Å². The number of sulfonamides is 1. The summed E-state index contributed by atoms with van der Waals surface area (Å²) in [6.45, 7) is 4.91. The number of esters is 1. The van der Waals surface area contributed by atoms with Crippen molar-refractivity contribution in [3.05, 3.63) is 59.7 Å². The topological polar surface area (TPSA) is 72.9 Å². The summed E-state index contributed by atoms with van der Waals surface area (Å²) >= 11 is 0. The summed E-state index contributed by atoms with van der Waals surface area (Å²) < 4.78 is 76.8. The lowest BCUT2D eigenvalue weighted by molar-refractivity contribution is -0.159. The number of rotatable bonds is 7. The van der Waals surface area contributed by atoms with E-state index in [2.05, 4.69) is 0 Å². The lowest BCUT2D eigenvalue weighted by atomic mass is 10.1. The number of halogens is 3. The first-order valence-corrected chi connectivity index (χ1v) is 11.1. The van der Waals surface area contributed by atoms with Crippen molar-refractivity contribution in [1.82, 2.24) is 4.31 Å². The number of nitrogens with zero attached hydrogens (tertiary/aromatic N) is 1. The monoisotopic (exact) mass is 473 g/mol. The number of benzene rings is 2. The molecule has 0 heterocycles. The van der Waals surface area contributed by atoms with Crippen molar-refractivity contribution < 1.29 is 35.9 Å². The van der Waals surface area contributed by atoms with Crippen LogP contribution in [-0.4, -0.2) is 44.5 Å². The van der Waals surface area contributed by atoms with E-state index < -0.39 is 44.3 Å². The molecule has 0 aromatic heterocycles. The summed E-state index contributed by atoms with van der Waals surface area (Å²) in [5.41, 5.74) is -1.38. The van der Waals surface area contributed by atoms with E-state index in [4.69, 9.17) is 9.47 Å². The van der Waals surface area contributed by atoms with Crippen molar-refractivity contribution in [2.24, 2.45) is 0 Å². The lowest BCUT2D eigenvalue weighted by Crippen LogP contribution is -2.46. The molecule has 10 heteroatoms. The van der Waals surface area contributed by atoms with E-state index in [-0.39, 0.29) is 6.42 Å². The zero-order valence-electron chi connectivity index (χ0n) is 18.4. The van der Waals surface area contributed by atoms with Crippen LogP contribution in [0, 0.1) is 0 Å². The van der Waals surface area contributed by atoms with Crippen molar-refractivity contribution in [3.63, 3.8) is 0 Å². The molecule has 0 fully saturated rings. The molecule has 0 radical (unpaired) electrons. The fourth-order valence-corrected chi connectivity index (χ4v) is 4.24. The number of methoxy groups -OCH3 is 1. The van der Waals surface area contributed by atoms with Crippen molar-refractivity contribution in [2.45, 2.75) is 49.9 Å². The molecule has 32 heavy (non-hydrogen) atoms. The number of carbonyl (C=O) groups is 1. The van der Waals surface area contributed by atoms with Gasteiger partial charge >= 0.3 is 12.1 Å². The highest BCUT2D eigenvalue weighted by Gasteiger charge is 2.37. The van der Waals surface area contributed by atoms with Gasteiger partial charge in [-0.1, -0.05) is 18.2 Å². The van der Waals surface area contributed by atoms with Gasteiger partial charge in [0.05, 0.1) is 17.6 Å². The Morgan fingerprint density at radius 1 is 1.06 bits per heavy atom. The molecule has 176 valence electrons. The van der Waals surface area contributed by atoms with Crippen LogP contribution in [0.4, 0.5) is 13.2 Å². The second-order valence-corrected chi connectivity index (χ2v) is 10.1. The quantitative estimate of drug-likeness (QED) is 0.561. The third kappa shape index (κ3) is 6.46. The Balaban J connectivity index is 2.45. The Morgan fingerprint density at radius 3 is 2.16 bits per heavy atom. The largest absolute Gasteiger partial charge is 0.497 e. The van der Waals surface area contributed by atoms with E-state index in [0.29, 0.717) is 17.4 Å². The van der Waals surface area contributed by atoms with E-state index in [9.17, 15) is 26.4 Å². The molecule has 0 spiro atoms. The molecule has 2 aromatic carbocycles. The van der Waals surface area contributed by atoms with Gasteiger partial charge in [0, 0.05) is 7.05 Å². The predicted octanol–water partition coefficient (Wildman–Crippen LogP) is 4.29. The van der Waals surface area contributed by atoms with Gasteiger partial charge in [0.15, 0.2) is 0 Å². The Kier molecular flexibility index (Phi) is 7.62. The Bertz CT molecular complexity index is 1040. The predicted molar refractivity (Wildman–Crippen MR) is 113 cm³/mol. The summed E-state index contributed by atoms with van der Waals surface area (Å²) in [6, 6.07) is 8.73. The molecule has 1 atom stereocenters. The molecule has 0 aliphatic rings. The maximum absolute atomic E-state index is 13.1. The molecule has 0 N–H and O–H groups in total. The highest BCUT2D eigenvalue weighted by atomic mass is 32.2. The Labute approximate surface area is 186 Å². The maximum Gasteiger partial charge on any atom is 0.416 e. The second kappa shape index (κ2) is 9.50. The van der Waals surface area contributed by atoms with Crippen LogP contribution in [0.15, 0.2) is 53.4 Å². The third-order valence-corrected chi connectivity index (χ3v) is 6.41. The van der Waals surface area contributed by atoms with Gasteiger partial charge in [0.25, 0.3) is 0 Å². The molecule has 0 aliphatic heterocycles. The molecule has 0 saturated carbocycles.